The van der Waals surface area contributed by atoms with E-state index in [2.05, 4.69) is 41.9 Å². The third kappa shape index (κ3) is 4.61. The molecule has 11 nitrogen and oxygen atoms in total. The lowest BCUT2D eigenvalue weighted by molar-refractivity contribution is 0.430. The van der Waals surface area contributed by atoms with Gasteiger partial charge in [-0.1, -0.05) is 36.4 Å². The second-order valence-electron chi connectivity index (χ2n) is 9.20. The van der Waals surface area contributed by atoms with Crippen LogP contribution in [0.25, 0.3) is 16.7 Å². The molecule has 0 spiro atoms. The minimum atomic E-state index is -0.761. The van der Waals surface area contributed by atoms with Crippen molar-refractivity contribution in [3.63, 3.8) is 0 Å². The molecule has 1 aliphatic heterocycles. The minimum absolute atomic E-state index is 0.166. The third-order valence-electron chi connectivity index (χ3n) is 6.82. The molecule has 0 aliphatic carbocycles. The summed E-state index contributed by atoms with van der Waals surface area (Å²) in [5.74, 6) is -0.521. The van der Waals surface area contributed by atoms with Gasteiger partial charge in [-0.15, -0.1) is 0 Å². The van der Waals surface area contributed by atoms with Gasteiger partial charge in [0.05, 0.1) is 28.1 Å². The molecule has 3 aromatic carbocycles. The molecule has 3 heterocycles. The number of aliphatic imine (C=N–C) groups is 1. The minimum Gasteiger partial charge on any atom is -0.493 e. The molecule has 39 heavy (non-hydrogen) atoms. The van der Waals surface area contributed by atoms with Crippen molar-refractivity contribution < 1.29 is 5.11 Å². The first kappa shape index (κ1) is 24.0. The molecule has 1 saturated heterocycles. The maximum atomic E-state index is 12.7. The van der Waals surface area contributed by atoms with E-state index in [0.717, 1.165) is 29.0 Å². The highest BCUT2D eigenvalue weighted by Crippen LogP contribution is 2.33. The number of H-pyrrole nitrogens is 3. The van der Waals surface area contributed by atoms with E-state index in [1.54, 1.807) is 36.4 Å². The zero-order chi connectivity index (χ0) is 26.9. The summed E-state index contributed by atoms with van der Waals surface area (Å²) in [6.45, 7) is 3.00. The van der Waals surface area contributed by atoms with Gasteiger partial charge in [-0.25, -0.2) is 14.2 Å². The molecule has 2 aromatic heterocycles. The number of aromatic nitrogens is 4. The number of aromatic amines is 3. The van der Waals surface area contributed by atoms with Gasteiger partial charge in [0.25, 0.3) is 5.56 Å². The molecule has 0 amide bonds. The smallest absolute Gasteiger partial charge is 0.335 e. The molecule has 0 bridgehead atoms. The number of nitrogens with one attached hydrogen (secondary N) is 3. The molecule has 196 valence electrons. The van der Waals surface area contributed by atoms with Crippen LogP contribution in [0.2, 0.25) is 0 Å². The number of aromatic hydroxyl groups is 1. The van der Waals surface area contributed by atoms with Crippen LogP contribution in [0.3, 0.4) is 0 Å². The van der Waals surface area contributed by atoms with Gasteiger partial charge in [0.2, 0.25) is 5.88 Å². The van der Waals surface area contributed by atoms with Gasteiger partial charge in [-0.2, -0.15) is 0 Å². The van der Waals surface area contributed by atoms with E-state index in [1.165, 1.54) is 6.21 Å². The number of para-hydroxylation sites is 2. The standard InChI is InChI=1S/C28H25N7O4/c36-25-20(26(37)35(28(39)32-25)19-9-5-2-6-10-19)17-29-23-15-21-22(31-27(38)30-21)16-24(23)34-13-11-33(12-14-34)18-7-3-1-4-8-18/h1-10,15-17,37H,11-14H2,(H2,30,31,38)(H,32,36,39). The number of piperazine rings is 1. The average molecular weight is 524 g/mol. The number of hydrogen-bond donors (Lipinski definition) is 4. The fourth-order valence-corrected chi connectivity index (χ4v) is 4.87. The lowest BCUT2D eigenvalue weighted by Gasteiger charge is -2.37. The zero-order valence-electron chi connectivity index (χ0n) is 20.8. The highest BCUT2D eigenvalue weighted by Gasteiger charge is 2.21. The van der Waals surface area contributed by atoms with Crippen molar-refractivity contribution in [3.8, 4) is 11.6 Å². The number of anilines is 2. The zero-order valence-corrected chi connectivity index (χ0v) is 20.8. The fraction of sp³-hybridized carbons (Fsp3) is 0.143. The maximum absolute atomic E-state index is 12.7. The van der Waals surface area contributed by atoms with Crippen LogP contribution >= 0.6 is 0 Å². The molecule has 6 rings (SSSR count). The Morgan fingerprint density at radius 2 is 1.33 bits per heavy atom. The van der Waals surface area contributed by atoms with Crippen molar-refractivity contribution in [2.75, 3.05) is 36.0 Å². The Morgan fingerprint density at radius 3 is 2.00 bits per heavy atom. The highest BCUT2D eigenvalue weighted by atomic mass is 16.3. The second kappa shape index (κ2) is 9.86. The summed E-state index contributed by atoms with van der Waals surface area (Å²) in [5.41, 5.74) is 2.00. The summed E-state index contributed by atoms with van der Waals surface area (Å²) in [5, 5.41) is 10.9. The fourth-order valence-electron chi connectivity index (χ4n) is 4.87. The topological polar surface area (TPSA) is 143 Å². The van der Waals surface area contributed by atoms with E-state index in [1.807, 2.05) is 24.3 Å². The van der Waals surface area contributed by atoms with Crippen LogP contribution in [0.4, 0.5) is 17.1 Å². The van der Waals surface area contributed by atoms with E-state index in [9.17, 15) is 19.5 Å². The Kier molecular flexibility index (Phi) is 6.08. The molecule has 0 radical (unpaired) electrons. The predicted octanol–water partition coefficient (Wildman–Crippen LogP) is 2.48. The largest absolute Gasteiger partial charge is 0.493 e. The summed E-state index contributed by atoms with van der Waals surface area (Å²) < 4.78 is 1.01. The van der Waals surface area contributed by atoms with Crippen molar-refractivity contribution in [1.29, 1.82) is 0 Å². The number of hydrogen-bond acceptors (Lipinski definition) is 7. The van der Waals surface area contributed by atoms with E-state index in [4.69, 9.17) is 0 Å². The van der Waals surface area contributed by atoms with Crippen molar-refractivity contribution >= 4 is 34.3 Å². The summed E-state index contributed by atoms with van der Waals surface area (Å²) in [6, 6.07) is 22.3. The number of imidazole rings is 1. The van der Waals surface area contributed by atoms with Crippen LogP contribution in [0.1, 0.15) is 5.56 Å². The molecule has 1 aliphatic rings. The Balaban J connectivity index is 1.38. The van der Waals surface area contributed by atoms with E-state index < -0.39 is 17.1 Å². The maximum Gasteiger partial charge on any atom is 0.335 e. The van der Waals surface area contributed by atoms with Crippen LogP contribution in [0.5, 0.6) is 5.88 Å². The molecule has 0 atom stereocenters. The lowest BCUT2D eigenvalue weighted by Crippen LogP contribution is -2.46. The van der Waals surface area contributed by atoms with Crippen LogP contribution in [-0.4, -0.2) is 57.0 Å². The molecular weight excluding hydrogens is 498 g/mol. The summed E-state index contributed by atoms with van der Waals surface area (Å²) in [6.07, 6.45) is 1.24. The highest BCUT2D eigenvalue weighted by molar-refractivity contribution is 5.91. The normalized spacial score (nSPS) is 13.9. The molecule has 11 heteroatoms. The molecule has 5 aromatic rings. The monoisotopic (exact) mass is 523 g/mol. The van der Waals surface area contributed by atoms with Gasteiger partial charge in [-0.3, -0.25) is 14.8 Å². The quantitative estimate of drug-likeness (QED) is 0.261. The summed E-state index contributed by atoms with van der Waals surface area (Å²) >= 11 is 0. The molecule has 0 saturated carbocycles. The Morgan fingerprint density at radius 1 is 0.744 bits per heavy atom. The molecule has 0 unspecified atom stereocenters. The first-order valence-electron chi connectivity index (χ1n) is 12.5. The van der Waals surface area contributed by atoms with Gasteiger partial charge in [0.15, 0.2) is 0 Å². The number of nitrogens with zero attached hydrogens (tertiary/aromatic N) is 4. The third-order valence-corrected chi connectivity index (χ3v) is 6.82. The molecule has 4 N–H and O–H groups in total. The van der Waals surface area contributed by atoms with E-state index >= 15 is 0 Å². The van der Waals surface area contributed by atoms with E-state index in [-0.39, 0.29) is 11.3 Å². The van der Waals surface area contributed by atoms with Crippen LogP contribution < -0.4 is 26.7 Å². The summed E-state index contributed by atoms with van der Waals surface area (Å²) in [7, 11) is 0. The van der Waals surface area contributed by atoms with Gasteiger partial charge in [0.1, 0.15) is 5.56 Å². The first-order valence-corrected chi connectivity index (χ1v) is 12.5. The Hall–Kier alpha value is -5.32. The number of rotatable bonds is 5. The number of fused-ring (bicyclic) bond motifs is 1. The van der Waals surface area contributed by atoms with Crippen LogP contribution in [0.15, 0.2) is 92.2 Å². The molecule has 1 fully saturated rings. The second-order valence-corrected chi connectivity index (χ2v) is 9.20. The first-order chi connectivity index (χ1) is 19.0. The number of benzene rings is 3. The van der Waals surface area contributed by atoms with Crippen molar-refractivity contribution in [3.05, 3.63) is 110 Å². The SMILES string of the molecule is O=c1[nH]c2cc(N=Cc3c(O)n(-c4ccccc4)c(=O)[nH]c3=O)c(N3CCN(c4ccccc4)CC3)cc2[nH]1. The van der Waals surface area contributed by atoms with Crippen LogP contribution in [0, 0.1) is 0 Å². The van der Waals surface area contributed by atoms with Gasteiger partial charge in [0, 0.05) is 38.1 Å². The van der Waals surface area contributed by atoms with Crippen molar-refractivity contribution in [2.24, 2.45) is 4.99 Å². The molecular formula is C28H25N7O4. The Bertz CT molecular complexity index is 1840. The summed E-state index contributed by atoms with van der Waals surface area (Å²) in [4.78, 5) is 53.9. The van der Waals surface area contributed by atoms with E-state index in [0.29, 0.717) is 35.5 Å². The average Bonchev–Trinajstić information content (AvgIpc) is 3.32. The van der Waals surface area contributed by atoms with Crippen LogP contribution in [-0.2, 0) is 0 Å². The van der Waals surface area contributed by atoms with Crippen molar-refractivity contribution in [1.82, 2.24) is 19.5 Å². The van der Waals surface area contributed by atoms with Gasteiger partial charge in [-0.05, 0) is 36.4 Å². The Labute approximate surface area is 221 Å². The predicted molar refractivity (Wildman–Crippen MR) is 151 cm³/mol. The van der Waals surface area contributed by atoms with Gasteiger partial charge < -0.3 is 24.9 Å². The van der Waals surface area contributed by atoms with Crippen molar-refractivity contribution in [2.45, 2.75) is 0 Å². The van der Waals surface area contributed by atoms with Gasteiger partial charge >= 0.3 is 11.4 Å². The lowest BCUT2D eigenvalue weighted by atomic mass is 10.1.